The minimum absolute atomic E-state index is 0.0729. The van der Waals surface area contributed by atoms with Crippen molar-refractivity contribution < 1.29 is 5.11 Å². The molecule has 1 unspecified atom stereocenters. The first-order valence-electron chi connectivity index (χ1n) is 5.95. The van der Waals surface area contributed by atoms with E-state index in [1.54, 1.807) is 0 Å². The molecule has 0 amide bonds. The Morgan fingerprint density at radius 1 is 1.19 bits per heavy atom. The number of rotatable bonds is 3. The number of nitrogens with zero attached hydrogens (tertiary/aromatic N) is 1. The van der Waals surface area contributed by atoms with Crippen molar-refractivity contribution in [3.63, 3.8) is 0 Å². The zero-order valence-electron chi connectivity index (χ0n) is 9.60. The van der Waals surface area contributed by atoms with Gasteiger partial charge >= 0.3 is 0 Å². The van der Waals surface area contributed by atoms with E-state index in [9.17, 15) is 0 Å². The lowest BCUT2D eigenvalue weighted by Crippen LogP contribution is -2.40. The van der Waals surface area contributed by atoms with Gasteiger partial charge in [-0.25, -0.2) is 0 Å². The van der Waals surface area contributed by atoms with Gasteiger partial charge in [0.15, 0.2) is 0 Å². The van der Waals surface area contributed by atoms with Gasteiger partial charge in [-0.05, 0) is 24.0 Å². The van der Waals surface area contributed by atoms with Crippen LogP contribution in [0.1, 0.15) is 11.1 Å². The van der Waals surface area contributed by atoms with Crippen molar-refractivity contribution in [1.82, 2.24) is 4.90 Å². The van der Waals surface area contributed by atoms with Crippen LogP contribution in [0.3, 0.4) is 0 Å². The molecule has 0 aromatic heterocycles. The van der Waals surface area contributed by atoms with Crippen LogP contribution in [0.2, 0.25) is 0 Å². The summed E-state index contributed by atoms with van der Waals surface area (Å²) in [4.78, 5) is 2.35. The van der Waals surface area contributed by atoms with Crippen LogP contribution in [0.25, 0.3) is 0 Å². The zero-order chi connectivity index (χ0) is 11.4. The molecule has 1 aliphatic rings. The number of hydrogen-bond acceptors (Lipinski definition) is 3. The molecule has 2 rings (SSSR count). The molecule has 1 aliphatic heterocycles. The summed E-state index contributed by atoms with van der Waals surface area (Å²) in [5.74, 6) is 0. The normalized spacial score (nSPS) is 18.9. The first-order valence-corrected chi connectivity index (χ1v) is 5.95. The second kappa shape index (κ2) is 5.43. The fourth-order valence-corrected chi connectivity index (χ4v) is 2.29. The Kier molecular flexibility index (Phi) is 3.93. The molecular formula is C13H20N2O. The van der Waals surface area contributed by atoms with Gasteiger partial charge in [-0.3, -0.25) is 0 Å². The van der Waals surface area contributed by atoms with Crippen LogP contribution >= 0.6 is 0 Å². The molecule has 0 radical (unpaired) electrons. The maximum atomic E-state index is 8.96. The molecule has 0 spiro atoms. The van der Waals surface area contributed by atoms with Crippen LogP contribution in [0.4, 0.5) is 0 Å². The topological polar surface area (TPSA) is 49.5 Å². The quantitative estimate of drug-likeness (QED) is 0.775. The number of fused-ring (bicyclic) bond motifs is 1. The van der Waals surface area contributed by atoms with Crippen LogP contribution in [-0.4, -0.2) is 42.3 Å². The van der Waals surface area contributed by atoms with E-state index in [1.807, 2.05) is 0 Å². The lowest BCUT2D eigenvalue weighted by molar-refractivity contribution is 0.206. The van der Waals surface area contributed by atoms with Crippen molar-refractivity contribution in [3.05, 3.63) is 35.4 Å². The average molecular weight is 220 g/mol. The average Bonchev–Trinajstić information content (AvgIpc) is 2.52. The Labute approximate surface area is 96.9 Å². The van der Waals surface area contributed by atoms with Crippen molar-refractivity contribution in [2.24, 2.45) is 5.73 Å². The second-order valence-corrected chi connectivity index (χ2v) is 4.51. The third-order valence-electron chi connectivity index (χ3n) is 3.24. The molecule has 3 nitrogen and oxygen atoms in total. The Bertz CT molecular complexity index is 313. The number of hydrogen-bond donors (Lipinski definition) is 2. The predicted molar refractivity (Wildman–Crippen MR) is 65.4 cm³/mol. The maximum Gasteiger partial charge on any atom is 0.0595 e. The summed E-state index contributed by atoms with van der Waals surface area (Å²) >= 11 is 0. The van der Waals surface area contributed by atoms with Gasteiger partial charge in [0.1, 0.15) is 0 Å². The van der Waals surface area contributed by atoms with Crippen LogP contribution < -0.4 is 5.73 Å². The Morgan fingerprint density at radius 2 is 1.75 bits per heavy atom. The van der Waals surface area contributed by atoms with Gasteiger partial charge in [0.05, 0.1) is 6.61 Å². The largest absolute Gasteiger partial charge is 0.395 e. The van der Waals surface area contributed by atoms with E-state index in [0.717, 1.165) is 32.5 Å². The predicted octanol–water partition coefficient (Wildman–Crippen LogP) is 0.407. The number of nitrogens with two attached hydrogens (primary N) is 1. The standard InChI is InChI=1S/C13H20N2O/c14-13(10-16)9-15-7-5-11-3-1-2-4-12(11)6-8-15/h1-4,13,16H,5-10,14H2. The van der Waals surface area contributed by atoms with E-state index in [0.29, 0.717) is 0 Å². The summed E-state index contributed by atoms with van der Waals surface area (Å²) in [5.41, 5.74) is 8.69. The highest BCUT2D eigenvalue weighted by atomic mass is 16.3. The van der Waals surface area contributed by atoms with Gasteiger partial charge in [-0.15, -0.1) is 0 Å². The Balaban J connectivity index is 1.97. The molecular weight excluding hydrogens is 200 g/mol. The molecule has 3 N–H and O–H groups in total. The summed E-state index contributed by atoms with van der Waals surface area (Å²) in [6.45, 7) is 2.96. The highest BCUT2D eigenvalue weighted by molar-refractivity contribution is 5.28. The van der Waals surface area contributed by atoms with Gasteiger partial charge in [0.2, 0.25) is 0 Å². The Morgan fingerprint density at radius 3 is 2.25 bits per heavy atom. The van der Waals surface area contributed by atoms with Gasteiger partial charge in [-0.1, -0.05) is 24.3 Å². The monoisotopic (exact) mass is 220 g/mol. The lowest BCUT2D eigenvalue weighted by Gasteiger charge is -2.22. The van der Waals surface area contributed by atoms with Crippen molar-refractivity contribution >= 4 is 0 Å². The van der Waals surface area contributed by atoms with E-state index < -0.39 is 0 Å². The van der Waals surface area contributed by atoms with E-state index >= 15 is 0 Å². The first-order chi connectivity index (χ1) is 7.79. The molecule has 0 saturated carbocycles. The highest BCUT2D eigenvalue weighted by Crippen LogP contribution is 2.15. The van der Waals surface area contributed by atoms with Crippen molar-refractivity contribution in [3.8, 4) is 0 Å². The lowest BCUT2D eigenvalue weighted by atomic mass is 10.0. The molecule has 1 heterocycles. The van der Waals surface area contributed by atoms with E-state index in [2.05, 4.69) is 29.2 Å². The van der Waals surface area contributed by atoms with Crippen molar-refractivity contribution in [2.75, 3.05) is 26.2 Å². The fourth-order valence-electron chi connectivity index (χ4n) is 2.29. The van der Waals surface area contributed by atoms with Crippen LogP contribution in [-0.2, 0) is 12.8 Å². The molecule has 1 aromatic carbocycles. The number of aliphatic hydroxyl groups is 1. The third kappa shape index (κ3) is 2.82. The van der Waals surface area contributed by atoms with Crippen molar-refractivity contribution in [1.29, 1.82) is 0 Å². The SMILES string of the molecule is NC(CO)CN1CCc2ccccc2CC1. The molecule has 0 fully saturated rings. The fraction of sp³-hybridized carbons (Fsp3) is 0.538. The van der Waals surface area contributed by atoms with Gasteiger partial charge < -0.3 is 15.7 Å². The van der Waals surface area contributed by atoms with Gasteiger partial charge in [0, 0.05) is 25.7 Å². The molecule has 16 heavy (non-hydrogen) atoms. The molecule has 0 bridgehead atoms. The maximum absolute atomic E-state index is 8.96. The van der Waals surface area contributed by atoms with E-state index in [-0.39, 0.29) is 12.6 Å². The van der Waals surface area contributed by atoms with E-state index in [1.165, 1.54) is 11.1 Å². The smallest absolute Gasteiger partial charge is 0.0595 e. The summed E-state index contributed by atoms with van der Waals surface area (Å²) in [5, 5.41) is 8.96. The minimum Gasteiger partial charge on any atom is -0.395 e. The van der Waals surface area contributed by atoms with Gasteiger partial charge in [0.25, 0.3) is 0 Å². The molecule has 88 valence electrons. The summed E-state index contributed by atoms with van der Waals surface area (Å²) in [6, 6.07) is 8.53. The van der Waals surface area contributed by atoms with E-state index in [4.69, 9.17) is 10.8 Å². The first kappa shape index (κ1) is 11.6. The molecule has 1 aromatic rings. The van der Waals surface area contributed by atoms with Crippen LogP contribution in [0.15, 0.2) is 24.3 Å². The molecule has 0 aliphatic carbocycles. The minimum atomic E-state index is -0.110. The van der Waals surface area contributed by atoms with Gasteiger partial charge in [-0.2, -0.15) is 0 Å². The zero-order valence-corrected chi connectivity index (χ0v) is 9.60. The molecule has 3 heteroatoms. The molecule has 1 atom stereocenters. The molecule has 0 saturated heterocycles. The summed E-state index contributed by atoms with van der Waals surface area (Å²) < 4.78 is 0. The summed E-state index contributed by atoms with van der Waals surface area (Å²) in [6.07, 6.45) is 2.18. The van der Waals surface area contributed by atoms with Crippen molar-refractivity contribution in [2.45, 2.75) is 18.9 Å². The number of benzene rings is 1. The Hall–Kier alpha value is -0.900. The van der Waals surface area contributed by atoms with Crippen LogP contribution in [0.5, 0.6) is 0 Å². The summed E-state index contributed by atoms with van der Waals surface area (Å²) in [7, 11) is 0. The highest BCUT2D eigenvalue weighted by Gasteiger charge is 2.15. The second-order valence-electron chi connectivity index (χ2n) is 4.51. The number of aliphatic hydroxyl groups excluding tert-OH is 1. The third-order valence-corrected chi connectivity index (χ3v) is 3.24. The van der Waals surface area contributed by atoms with Crippen LogP contribution in [0, 0.1) is 0 Å².